The van der Waals surface area contributed by atoms with Crippen LogP contribution >= 0.6 is 0 Å². The normalized spacial score (nSPS) is 34.3. The summed E-state index contributed by atoms with van der Waals surface area (Å²) in [5.41, 5.74) is 10.5. The summed E-state index contributed by atoms with van der Waals surface area (Å²) in [6.45, 7) is 2.61. The summed E-state index contributed by atoms with van der Waals surface area (Å²) >= 11 is 0. The molecule has 2 fully saturated rings. The maximum absolute atomic E-state index is 12.1. The number of hydrogen-bond acceptors (Lipinski definition) is 6. The van der Waals surface area contributed by atoms with Crippen LogP contribution in [0.3, 0.4) is 0 Å². The number of carbonyl (C=O) groups excluding carboxylic acids is 1. The van der Waals surface area contributed by atoms with Crippen molar-refractivity contribution in [2.24, 2.45) is 29.2 Å². The van der Waals surface area contributed by atoms with Crippen molar-refractivity contribution in [1.29, 1.82) is 0 Å². The van der Waals surface area contributed by atoms with Crippen molar-refractivity contribution in [3.05, 3.63) is 0 Å². The highest BCUT2D eigenvalue weighted by molar-refractivity contribution is 6.40. The quantitative estimate of drug-likeness (QED) is 0.371. The molecule has 1 amide bonds. The van der Waals surface area contributed by atoms with Gasteiger partial charge < -0.3 is 31.5 Å². The second kappa shape index (κ2) is 6.76. The topological polar surface area (TPSA) is 150 Å². The van der Waals surface area contributed by atoms with Gasteiger partial charge in [-0.25, -0.2) is 0 Å². The summed E-state index contributed by atoms with van der Waals surface area (Å²) in [5.74, 6) is -1.35. The van der Waals surface area contributed by atoms with Crippen molar-refractivity contribution in [2.75, 3.05) is 13.1 Å². The zero-order chi connectivity index (χ0) is 17.4. The van der Waals surface area contributed by atoms with Crippen LogP contribution in [-0.2, 0) is 9.59 Å². The van der Waals surface area contributed by atoms with Crippen molar-refractivity contribution in [1.82, 2.24) is 4.90 Å². The number of nitrogens with two attached hydrogens (primary N) is 2. The van der Waals surface area contributed by atoms with Crippen LogP contribution in [0.5, 0.6) is 0 Å². The molecule has 0 aromatic heterocycles. The van der Waals surface area contributed by atoms with Gasteiger partial charge in [0.25, 0.3) is 0 Å². The maximum Gasteiger partial charge on any atom is 0.451 e. The van der Waals surface area contributed by atoms with E-state index in [1.54, 1.807) is 11.8 Å². The van der Waals surface area contributed by atoms with E-state index < -0.39 is 24.7 Å². The molecule has 2 rings (SSSR count). The maximum atomic E-state index is 12.1. The van der Waals surface area contributed by atoms with Gasteiger partial charge in [-0.1, -0.05) is 6.42 Å². The van der Waals surface area contributed by atoms with E-state index in [2.05, 4.69) is 0 Å². The third kappa shape index (κ3) is 3.52. The Bertz CT molecular complexity index is 475. The van der Waals surface area contributed by atoms with Gasteiger partial charge in [-0.3, -0.25) is 9.59 Å². The molecule has 1 aliphatic carbocycles. The van der Waals surface area contributed by atoms with E-state index >= 15 is 0 Å². The van der Waals surface area contributed by atoms with Crippen LogP contribution < -0.4 is 11.5 Å². The average Bonchev–Trinajstić information content (AvgIpc) is 2.95. The second-order valence-corrected chi connectivity index (χ2v) is 7.02. The summed E-state index contributed by atoms with van der Waals surface area (Å²) in [6.07, 6.45) is 1.51. The molecule has 1 aliphatic heterocycles. The first-order chi connectivity index (χ1) is 10.7. The number of carboxylic acid groups (broad SMARTS) is 1. The Morgan fingerprint density at radius 3 is 2.57 bits per heavy atom. The molecule has 7 N–H and O–H groups in total. The van der Waals surface area contributed by atoms with E-state index in [0.29, 0.717) is 32.4 Å². The standard InChI is InChI=1S/C14H26BN3O5/c1-8(16)12(19)18-6-9-5-14(17,13(20)21)11(10(9)7-18)3-2-4-15(22)23/h8-11,22-23H,2-7,16-17H2,1H3,(H,20,21)/t8-,9-,10+,11-,14-/m0/s1. The molecule has 23 heavy (non-hydrogen) atoms. The van der Waals surface area contributed by atoms with Gasteiger partial charge >= 0.3 is 13.1 Å². The van der Waals surface area contributed by atoms with Gasteiger partial charge in [0.15, 0.2) is 0 Å². The highest BCUT2D eigenvalue weighted by atomic mass is 16.4. The molecule has 2 aliphatic rings. The van der Waals surface area contributed by atoms with Crippen molar-refractivity contribution >= 4 is 19.0 Å². The lowest BCUT2D eigenvalue weighted by Crippen LogP contribution is -2.53. The molecule has 1 saturated carbocycles. The molecule has 8 nitrogen and oxygen atoms in total. The molecule has 0 bridgehead atoms. The predicted molar refractivity (Wildman–Crippen MR) is 84.1 cm³/mol. The van der Waals surface area contributed by atoms with Crippen LogP contribution in [0.25, 0.3) is 0 Å². The fraction of sp³-hybridized carbons (Fsp3) is 0.857. The predicted octanol–water partition coefficient (Wildman–Crippen LogP) is -1.54. The van der Waals surface area contributed by atoms with Gasteiger partial charge in [0.2, 0.25) is 5.91 Å². The van der Waals surface area contributed by atoms with Crippen LogP contribution in [0.4, 0.5) is 0 Å². The van der Waals surface area contributed by atoms with Crippen LogP contribution in [0, 0.1) is 17.8 Å². The molecule has 9 heteroatoms. The first-order valence-corrected chi connectivity index (χ1v) is 8.09. The monoisotopic (exact) mass is 327 g/mol. The van der Waals surface area contributed by atoms with Crippen LogP contribution in [-0.4, -0.2) is 63.7 Å². The molecule has 1 saturated heterocycles. The highest BCUT2D eigenvalue weighted by Gasteiger charge is 2.58. The van der Waals surface area contributed by atoms with Gasteiger partial charge in [0.05, 0.1) is 6.04 Å². The fourth-order valence-corrected chi connectivity index (χ4v) is 4.24. The third-order valence-electron chi connectivity index (χ3n) is 5.35. The van der Waals surface area contributed by atoms with E-state index in [-0.39, 0.29) is 30.0 Å². The number of fused-ring (bicyclic) bond motifs is 1. The molecule has 5 atom stereocenters. The van der Waals surface area contributed by atoms with E-state index in [1.165, 1.54) is 0 Å². The van der Waals surface area contributed by atoms with Gasteiger partial charge in [0, 0.05) is 13.1 Å². The molecule has 0 unspecified atom stereocenters. The average molecular weight is 327 g/mol. The summed E-state index contributed by atoms with van der Waals surface area (Å²) in [4.78, 5) is 25.4. The summed E-state index contributed by atoms with van der Waals surface area (Å²) in [6, 6.07) is -0.570. The zero-order valence-corrected chi connectivity index (χ0v) is 13.4. The van der Waals surface area contributed by atoms with Crippen LogP contribution in [0.1, 0.15) is 26.2 Å². The number of nitrogens with zero attached hydrogens (tertiary/aromatic N) is 1. The van der Waals surface area contributed by atoms with E-state index in [9.17, 15) is 14.7 Å². The van der Waals surface area contributed by atoms with Crippen molar-refractivity contribution in [3.8, 4) is 0 Å². The number of hydrogen-bond donors (Lipinski definition) is 5. The fourth-order valence-electron chi connectivity index (χ4n) is 4.24. The molecule has 130 valence electrons. The number of carboxylic acids is 1. The summed E-state index contributed by atoms with van der Waals surface area (Å²) in [5, 5.41) is 27.5. The minimum Gasteiger partial charge on any atom is -0.480 e. The molecular formula is C14H26BN3O5. The lowest BCUT2D eigenvalue weighted by Gasteiger charge is -2.31. The molecule has 0 aromatic rings. The van der Waals surface area contributed by atoms with Crippen LogP contribution in [0.15, 0.2) is 0 Å². The van der Waals surface area contributed by atoms with E-state index in [4.69, 9.17) is 21.5 Å². The van der Waals surface area contributed by atoms with Crippen molar-refractivity contribution in [2.45, 2.75) is 44.1 Å². The highest BCUT2D eigenvalue weighted by Crippen LogP contribution is 2.49. The minimum atomic E-state index is -1.40. The number of likely N-dealkylation sites (tertiary alicyclic amines) is 1. The van der Waals surface area contributed by atoms with Crippen LogP contribution in [0.2, 0.25) is 6.32 Å². The molecular weight excluding hydrogens is 301 g/mol. The first kappa shape index (κ1) is 18.2. The largest absolute Gasteiger partial charge is 0.480 e. The van der Waals surface area contributed by atoms with Gasteiger partial charge in [0.1, 0.15) is 5.54 Å². The lowest BCUT2D eigenvalue weighted by molar-refractivity contribution is -0.145. The Labute approximate surface area is 136 Å². The Balaban J connectivity index is 2.10. The Morgan fingerprint density at radius 2 is 2.04 bits per heavy atom. The third-order valence-corrected chi connectivity index (χ3v) is 5.35. The Kier molecular flexibility index (Phi) is 5.35. The zero-order valence-electron chi connectivity index (χ0n) is 13.4. The molecule has 1 heterocycles. The molecule has 0 radical (unpaired) electrons. The van der Waals surface area contributed by atoms with Gasteiger partial charge in [-0.15, -0.1) is 0 Å². The van der Waals surface area contributed by atoms with Crippen molar-refractivity contribution < 1.29 is 24.7 Å². The number of carbonyl (C=O) groups is 2. The van der Waals surface area contributed by atoms with E-state index in [0.717, 1.165) is 0 Å². The van der Waals surface area contributed by atoms with Crippen molar-refractivity contribution in [3.63, 3.8) is 0 Å². The smallest absolute Gasteiger partial charge is 0.451 e. The lowest BCUT2D eigenvalue weighted by atomic mass is 9.76. The second-order valence-electron chi connectivity index (χ2n) is 7.02. The van der Waals surface area contributed by atoms with E-state index in [1.807, 2.05) is 0 Å². The summed E-state index contributed by atoms with van der Waals surface area (Å²) in [7, 11) is -1.40. The number of amides is 1. The van der Waals surface area contributed by atoms with Gasteiger partial charge in [-0.05, 0) is 43.8 Å². The summed E-state index contributed by atoms with van der Waals surface area (Å²) < 4.78 is 0. The Hall–Kier alpha value is -1.16. The number of rotatable bonds is 6. The van der Waals surface area contributed by atoms with Gasteiger partial charge in [-0.2, -0.15) is 0 Å². The molecule has 0 spiro atoms. The SMILES string of the molecule is C[C@H](N)C(=O)N1C[C@@H]2C[C@@](N)(C(=O)O)[C@@H](CCCB(O)O)[C@@H]2C1. The first-order valence-electron chi connectivity index (χ1n) is 8.09. The number of aliphatic carboxylic acids is 1. The molecule has 0 aromatic carbocycles. The Morgan fingerprint density at radius 1 is 1.39 bits per heavy atom. The minimum absolute atomic E-state index is 0.0228.